The number of hydrogen-bond donors (Lipinski definition) is 1. The second-order valence-corrected chi connectivity index (χ2v) is 7.20. The third-order valence-electron chi connectivity index (χ3n) is 5.42. The van der Waals surface area contributed by atoms with Crippen molar-refractivity contribution < 1.29 is 14.3 Å². The van der Waals surface area contributed by atoms with Gasteiger partial charge < -0.3 is 15.0 Å². The molecule has 0 spiro atoms. The topological polar surface area (TPSA) is 74.8 Å². The van der Waals surface area contributed by atoms with E-state index < -0.39 is 0 Å². The van der Waals surface area contributed by atoms with Crippen LogP contribution in [0.3, 0.4) is 0 Å². The fraction of sp³-hybridized carbons (Fsp3) is 0.650. The minimum absolute atomic E-state index is 0.00585. The molecule has 0 saturated carbocycles. The monoisotopic (exact) mass is 374 g/mol. The van der Waals surface area contributed by atoms with Crippen LogP contribution in [0.4, 0.5) is 0 Å². The molecule has 3 rings (SSSR count). The standard InChI is InChI=1S/C20H30N4O3/c1-2-17-5-3-4-9-24(17)20(26)16-6-7-21-18(15-16)19(25)22-8-10-23-11-13-27-14-12-23/h6-7,15,17H,2-5,8-14H2,1H3,(H,22,25). The predicted octanol–water partition coefficient (Wildman–Crippen LogP) is 1.55. The van der Waals surface area contributed by atoms with Crippen molar-refractivity contribution in [1.29, 1.82) is 0 Å². The molecule has 1 unspecified atom stereocenters. The fourth-order valence-electron chi connectivity index (χ4n) is 3.79. The number of ether oxygens (including phenoxy) is 1. The van der Waals surface area contributed by atoms with E-state index in [4.69, 9.17) is 4.74 Å². The van der Waals surface area contributed by atoms with E-state index in [-0.39, 0.29) is 11.8 Å². The SMILES string of the molecule is CCC1CCCCN1C(=O)c1ccnc(C(=O)NCCN2CCOCC2)c1. The molecule has 0 aliphatic carbocycles. The van der Waals surface area contributed by atoms with Crippen molar-refractivity contribution in [2.45, 2.75) is 38.6 Å². The molecule has 0 radical (unpaired) electrons. The average molecular weight is 374 g/mol. The Labute approximate surface area is 161 Å². The zero-order valence-corrected chi connectivity index (χ0v) is 16.2. The minimum Gasteiger partial charge on any atom is -0.379 e. The highest BCUT2D eigenvalue weighted by Crippen LogP contribution is 2.21. The first-order chi connectivity index (χ1) is 13.2. The summed E-state index contributed by atoms with van der Waals surface area (Å²) in [4.78, 5) is 33.7. The molecule has 1 aromatic heterocycles. The minimum atomic E-state index is -0.233. The molecule has 0 bridgehead atoms. The zero-order chi connectivity index (χ0) is 19.1. The summed E-state index contributed by atoms with van der Waals surface area (Å²) < 4.78 is 5.32. The molecule has 1 aromatic rings. The molecule has 2 aliphatic rings. The van der Waals surface area contributed by atoms with E-state index in [0.29, 0.717) is 23.8 Å². The van der Waals surface area contributed by atoms with Crippen molar-refractivity contribution in [2.75, 3.05) is 45.9 Å². The molecule has 1 atom stereocenters. The van der Waals surface area contributed by atoms with Gasteiger partial charge in [-0.05, 0) is 37.8 Å². The van der Waals surface area contributed by atoms with E-state index in [1.54, 1.807) is 18.3 Å². The predicted molar refractivity (Wildman–Crippen MR) is 103 cm³/mol. The van der Waals surface area contributed by atoms with E-state index >= 15 is 0 Å². The van der Waals surface area contributed by atoms with E-state index in [1.807, 2.05) is 4.90 Å². The van der Waals surface area contributed by atoms with Crippen molar-refractivity contribution in [1.82, 2.24) is 20.1 Å². The fourth-order valence-corrected chi connectivity index (χ4v) is 3.79. The Hall–Kier alpha value is -1.99. The molecule has 2 amide bonds. The van der Waals surface area contributed by atoms with Gasteiger partial charge in [-0.3, -0.25) is 19.5 Å². The summed E-state index contributed by atoms with van der Waals surface area (Å²) >= 11 is 0. The number of hydrogen-bond acceptors (Lipinski definition) is 5. The Kier molecular flexibility index (Phi) is 7.18. The lowest BCUT2D eigenvalue weighted by atomic mass is 9.99. The van der Waals surface area contributed by atoms with Gasteiger partial charge in [0, 0.05) is 50.5 Å². The lowest BCUT2D eigenvalue weighted by Gasteiger charge is -2.35. The van der Waals surface area contributed by atoms with Crippen LogP contribution in [0.5, 0.6) is 0 Å². The van der Waals surface area contributed by atoms with Gasteiger partial charge in [0.2, 0.25) is 0 Å². The maximum atomic E-state index is 12.9. The van der Waals surface area contributed by atoms with Crippen LogP contribution in [0.25, 0.3) is 0 Å². The normalized spacial score (nSPS) is 21.1. The second kappa shape index (κ2) is 9.80. The molecular weight excluding hydrogens is 344 g/mol. The van der Waals surface area contributed by atoms with Gasteiger partial charge in [-0.1, -0.05) is 6.92 Å². The van der Waals surface area contributed by atoms with E-state index in [0.717, 1.165) is 58.7 Å². The number of carbonyl (C=O) groups is 2. The summed E-state index contributed by atoms with van der Waals surface area (Å²) in [6.07, 6.45) is 5.79. The third kappa shape index (κ3) is 5.26. The summed E-state index contributed by atoms with van der Waals surface area (Å²) in [5.74, 6) is -0.227. The van der Waals surface area contributed by atoms with Crippen LogP contribution in [0, 0.1) is 0 Å². The van der Waals surface area contributed by atoms with Gasteiger partial charge in [0.05, 0.1) is 13.2 Å². The molecule has 2 aliphatic heterocycles. The number of rotatable bonds is 6. The second-order valence-electron chi connectivity index (χ2n) is 7.20. The number of nitrogens with one attached hydrogen (secondary N) is 1. The lowest BCUT2D eigenvalue weighted by Crippen LogP contribution is -2.43. The van der Waals surface area contributed by atoms with Crippen molar-refractivity contribution in [3.63, 3.8) is 0 Å². The number of pyridine rings is 1. The Morgan fingerprint density at radius 2 is 2.07 bits per heavy atom. The molecule has 7 nitrogen and oxygen atoms in total. The summed E-state index contributed by atoms with van der Waals surface area (Å²) in [6, 6.07) is 3.62. The van der Waals surface area contributed by atoms with Crippen molar-refractivity contribution in [2.24, 2.45) is 0 Å². The van der Waals surface area contributed by atoms with Crippen LogP contribution in [-0.4, -0.2) is 78.6 Å². The number of piperidine rings is 1. The van der Waals surface area contributed by atoms with Crippen molar-refractivity contribution in [3.05, 3.63) is 29.6 Å². The molecule has 1 N–H and O–H groups in total. The van der Waals surface area contributed by atoms with Crippen LogP contribution in [0.2, 0.25) is 0 Å². The van der Waals surface area contributed by atoms with E-state index in [9.17, 15) is 9.59 Å². The van der Waals surface area contributed by atoms with Crippen molar-refractivity contribution in [3.8, 4) is 0 Å². The van der Waals surface area contributed by atoms with Crippen LogP contribution >= 0.6 is 0 Å². The molecule has 3 heterocycles. The first kappa shape index (κ1) is 19.8. The van der Waals surface area contributed by atoms with Crippen molar-refractivity contribution >= 4 is 11.8 Å². The molecule has 148 valence electrons. The van der Waals surface area contributed by atoms with Gasteiger partial charge in [-0.25, -0.2) is 0 Å². The van der Waals surface area contributed by atoms with Crippen LogP contribution < -0.4 is 5.32 Å². The quantitative estimate of drug-likeness (QED) is 0.818. The van der Waals surface area contributed by atoms with Gasteiger partial charge in [0.15, 0.2) is 0 Å². The Bertz CT molecular complexity index is 646. The van der Waals surface area contributed by atoms with E-state index in [2.05, 4.69) is 22.1 Å². The Balaban J connectivity index is 1.57. The largest absolute Gasteiger partial charge is 0.379 e. The van der Waals surface area contributed by atoms with Crippen LogP contribution in [-0.2, 0) is 4.74 Å². The molecule has 27 heavy (non-hydrogen) atoms. The number of morpholine rings is 1. The average Bonchev–Trinajstić information content (AvgIpc) is 2.74. The van der Waals surface area contributed by atoms with Gasteiger partial charge in [-0.15, -0.1) is 0 Å². The summed E-state index contributed by atoms with van der Waals surface area (Å²) in [6.45, 7) is 7.54. The highest BCUT2D eigenvalue weighted by molar-refractivity contribution is 5.98. The maximum absolute atomic E-state index is 12.9. The van der Waals surface area contributed by atoms with Gasteiger partial charge in [0.25, 0.3) is 11.8 Å². The maximum Gasteiger partial charge on any atom is 0.269 e. The first-order valence-electron chi connectivity index (χ1n) is 10.0. The molecule has 2 saturated heterocycles. The lowest BCUT2D eigenvalue weighted by molar-refractivity contribution is 0.0383. The van der Waals surface area contributed by atoms with Gasteiger partial charge >= 0.3 is 0 Å². The Morgan fingerprint density at radius 1 is 1.26 bits per heavy atom. The first-order valence-corrected chi connectivity index (χ1v) is 10.0. The third-order valence-corrected chi connectivity index (χ3v) is 5.42. The summed E-state index contributed by atoms with van der Waals surface area (Å²) in [5.41, 5.74) is 0.844. The number of carbonyl (C=O) groups excluding carboxylic acids is 2. The smallest absolute Gasteiger partial charge is 0.269 e. The van der Waals surface area contributed by atoms with Crippen LogP contribution in [0.15, 0.2) is 18.3 Å². The summed E-state index contributed by atoms with van der Waals surface area (Å²) in [7, 11) is 0. The number of nitrogens with zero attached hydrogens (tertiary/aromatic N) is 3. The van der Waals surface area contributed by atoms with Gasteiger partial charge in [-0.2, -0.15) is 0 Å². The Morgan fingerprint density at radius 3 is 2.85 bits per heavy atom. The number of aromatic nitrogens is 1. The highest BCUT2D eigenvalue weighted by Gasteiger charge is 2.26. The van der Waals surface area contributed by atoms with E-state index in [1.165, 1.54) is 6.42 Å². The van der Waals surface area contributed by atoms with Gasteiger partial charge in [0.1, 0.15) is 5.69 Å². The molecule has 2 fully saturated rings. The van der Waals surface area contributed by atoms with Crippen LogP contribution in [0.1, 0.15) is 53.5 Å². The number of amides is 2. The highest BCUT2D eigenvalue weighted by atomic mass is 16.5. The molecular formula is C20H30N4O3. The molecule has 0 aromatic carbocycles. The summed E-state index contributed by atoms with van der Waals surface area (Å²) in [5, 5.41) is 2.90. The number of likely N-dealkylation sites (tertiary alicyclic amines) is 1. The molecule has 7 heteroatoms. The zero-order valence-electron chi connectivity index (χ0n) is 16.2.